The highest BCUT2D eigenvalue weighted by molar-refractivity contribution is 5.45. The fourth-order valence-electron chi connectivity index (χ4n) is 1.55. The molecule has 0 radical (unpaired) electrons. The Bertz CT molecular complexity index is 358. The fourth-order valence-corrected chi connectivity index (χ4v) is 1.55. The van der Waals surface area contributed by atoms with Crippen LogP contribution in [0.3, 0.4) is 0 Å². The molecule has 1 aromatic rings. The highest BCUT2D eigenvalue weighted by Gasteiger charge is 2.31. The molecule has 0 aliphatic rings. The minimum absolute atomic E-state index is 0.174. The number of nitrogens with two attached hydrogens (primary N) is 1. The van der Waals surface area contributed by atoms with Crippen molar-refractivity contribution in [1.29, 1.82) is 0 Å². The van der Waals surface area contributed by atoms with Crippen molar-refractivity contribution in [1.82, 2.24) is 0 Å². The number of rotatable bonds is 3. The molecule has 1 nitrogen and oxygen atoms in total. The average Bonchev–Trinajstić information content (AvgIpc) is 2.15. The summed E-state index contributed by atoms with van der Waals surface area (Å²) in [6, 6.07) is 3.77. The van der Waals surface area contributed by atoms with E-state index in [4.69, 9.17) is 5.73 Å². The Balaban J connectivity index is 2.99. The van der Waals surface area contributed by atoms with Gasteiger partial charge in [0, 0.05) is 5.69 Å². The topological polar surface area (TPSA) is 26.0 Å². The van der Waals surface area contributed by atoms with Crippen LogP contribution in [0.2, 0.25) is 0 Å². The molecule has 2 N–H and O–H groups in total. The van der Waals surface area contributed by atoms with Gasteiger partial charge in [-0.3, -0.25) is 0 Å². The van der Waals surface area contributed by atoms with Gasteiger partial charge in [0.25, 0.3) is 0 Å². The smallest absolute Gasteiger partial charge is 0.399 e. The molecule has 4 heteroatoms. The Kier molecular flexibility index (Phi) is 3.83. The van der Waals surface area contributed by atoms with Gasteiger partial charge >= 0.3 is 6.18 Å². The zero-order chi connectivity index (χ0) is 12.3. The van der Waals surface area contributed by atoms with Gasteiger partial charge in [0.1, 0.15) is 0 Å². The molecular weight excluding hydrogens is 215 g/mol. The van der Waals surface area contributed by atoms with Crippen LogP contribution in [0.25, 0.3) is 0 Å². The lowest BCUT2D eigenvalue weighted by Crippen LogP contribution is -2.08. The van der Waals surface area contributed by atoms with E-state index in [0.29, 0.717) is 17.9 Å². The third kappa shape index (κ3) is 3.43. The lowest BCUT2D eigenvalue weighted by atomic mass is 9.97. The predicted molar refractivity (Wildman–Crippen MR) is 59.0 cm³/mol. The molecule has 0 spiro atoms. The van der Waals surface area contributed by atoms with Crippen molar-refractivity contribution in [3.8, 4) is 0 Å². The fraction of sp³-hybridized carbons (Fsp3) is 0.500. The van der Waals surface area contributed by atoms with Crippen molar-refractivity contribution in [2.45, 2.75) is 32.9 Å². The molecule has 0 aliphatic heterocycles. The molecule has 16 heavy (non-hydrogen) atoms. The summed E-state index contributed by atoms with van der Waals surface area (Å²) in [5.74, 6) is 0.364. The van der Waals surface area contributed by atoms with Crippen molar-refractivity contribution in [3.05, 3.63) is 29.3 Å². The Hall–Kier alpha value is -1.19. The maximum Gasteiger partial charge on any atom is 0.416 e. The summed E-state index contributed by atoms with van der Waals surface area (Å²) in [5.41, 5.74) is 5.64. The second-order valence-corrected chi connectivity index (χ2v) is 4.18. The minimum Gasteiger partial charge on any atom is -0.399 e. The van der Waals surface area contributed by atoms with Crippen LogP contribution >= 0.6 is 0 Å². The maximum atomic E-state index is 12.5. The van der Waals surface area contributed by atoms with Crippen molar-refractivity contribution >= 4 is 5.69 Å². The lowest BCUT2D eigenvalue weighted by molar-refractivity contribution is -0.137. The molecule has 0 aliphatic carbocycles. The predicted octanol–water partition coefficient (Wildman–Crippen LogP) is 3.88. The molecule has 0 bridgehead atoms. The summed E-state index contributed by atoms with van der Waals surface area (Å²) < 4.78 is 37.5. The molecule has 1 atom stereocenters. The van der Waals surface area contributed by atoms with Crippen molar-refractivity contribution in [2.24, 2.45) is 5.92 Å². The van der Waals surface area contributed by atoms with Crippen molar-refractivity contribution in [2.75, 3.05) is 5.73 Å². The van der Waals surface area contributed by atoms with Crippen LogP contribution in [-0.2, 0) is 12.6 Å². The number of alkyl halides is 3. The Labute approximate surface area is 93.5 Å². The summed E-state index contributed by atoms with van der Waals surface area (Å²) >= 11 is 0. The molecule has 1 rings (SSSR count). The van der Waals surface area contributed by atoms with Gasteiger partial charge in [-0.1, -0.05) is 20.3 Å². The number of hydrogen-bond acceptors (Lipinski definition) is 1. The van der Waals surface area contributed by atoms with Crippen LogP contribution in [0.5, 0.6) is 0 Å². The minimum atomic E-state index is -4.32. The zero-order valence-electron chi connectivity index (χ0n) is 9.43. The van der Waals surface area contributed by atoms with Gasteiger partial charge in [0.15, 0.2) is 0 Å². The number of hydrogen-bond donors (Lipinski definition) is 1. The first-order valence-electron chi connectivity index (χ1n) is 5.29. The van der Waals surface area contributed by atoms with Crippen molar-refractivity contribution < 1.29 is 13.2 Å². The zero-order valence-corrected chi connectivity index (χ0v) is 9.43. The Morgan fingerprint density at radius 2 is 1.88 bits per heavy atom. The summed E-state index contributed by atoms with van der Waals surface area (Å²) in [6.07, 6.45) is -2.75. The number of anilines is 1. The van der Waals surface area contributed by atoms with Gasteiger partial charge in [-0.15, -0.1) is 0 Å². The molecule has 1 unspecified atom stereocenters. The van der Waals surface area contributed by atoms with E-state index in [2.05, 4.69) is 0 Å². The quantitative estimate of drug-likeness (QED) is 0.785. The summed E-state index contributed by atoms with van der Waals surface area (Å²) in [7, 11) is 0. The first kappa shape index (κ1) is 12.9. The Morgan fingerprint density at radius 3 is 2.38 bits per heavy atom. The van der Waals surface area contributed by atoms with Gasteiger partial charge in [0.2, 0.25) is 0 Å². The van der Waals surface area contributed by atoms with Crippen LogP contribution in [0, 0.1) is 5.92 Å². The lowest BCUT2D eigenvalue weighted by Gasteiger charge is -2.13. The van der Waals surface area contributed by atoms with E-state index >= 15 is 0 Å². The highest BCUT2D eigenvalue weighted by atomic mass is 19.4. The molecule has 0 aromatic heterocycles. The molecule has 0 amide bonds. The average molecular weight is 231 g/mol. The second-order valence-electron chi connectivity index (χ2n) is 4.18. The van der Waals surface area contributed by atoms with E-state index in [0.717, 1.165) is 12.5 Å². The van der Waals surface area contributed by atoms with Gasteiger partial charge in [-0.2, -0.15) is 13.2 Å². The third-order valence-corrected chi connectivity index (χ3v) is 2.62. The van der Waals surface area contributed by atoms with Crippen LogP contribution in [0.15, 0.2) is 18.2 Å². The van der Waals surface area contributed by atoms with Crippen LogP contribution in [-0.4, -0.2) is 0 Å². The van der Waals surface area contributed by atoms with E-state index in [1.165, 1.54) is 6.07 Å². The normalized spacial score (nSPS) is 13.8. The molecule has 90 valence electrons. The maximum absolute atomic E-state index is 12.5. The molecule has 0 saturated carbocycles. The van der Waals surface area contributed by atoms with Crippen LogP contribution in [0.4, 0.5) is 18.9 Å². The van der Waals surface area contributed by atoms with Crippen LogP contribution < -0.4 is 5.73 Å². The SMILES string of the molecule is CCC(C)Cc1cc(N)cc(C(F)(F)F)c1. The van der Waals surface area contributed by atoms with E-state index in [1.54, 1.807) is 6.07 Å². The highest BCUT2D eigenvalue weighted by Crippen LogP contribution is 2.31. The first-order chi connectivity index (χ1) is 7.32. The van der Waals surface area contributed by atoms with E-state index in [9.17, 15) is 13.2 Å². The van der Waals surface area contributed by atoms with Gasteiger partial charge in [-0.05, 0) is 36.1 Å². The molecule has 0 saturated heterocycles. The third-order valence-electron chi connectivity index (χ3n) is 2.62. The molecule has 1 aromatic carbocycles. The van der Waals surface area contributed by atoms with Gasteiger partial charge in [-0.25, -0.2) is 0 Å². The van der Waals surface area contributed by atoms with E-state index in [1.807, 2.05) is 13.8 Å². The van der Waals surface area contributed by atoms with E-state index in [-0.39, 0.29) is 5.69 Å². The van der Waals surface area contributed by atoms with Gasteiger partial charge in [0.05, 0.1) is 5.56 Å². The summed E-state index contributed by atoms with van der Waals surface area (Å²) in [4.78, 5) is 0. The standard InChI is InChI=1S/C12H16F3N/c1-3-8(2)4-9-5-10(12(13,14)15)7-11(16)6-9/h5-8H,3-4,16H2,1-2H3. The molecule has 0 heterocycles. The Morgan fingerprint density at radius 1 is 1.25 bits per heavy atom. The largest absolute Gasteiger partial charge is 0.416 e. The summed E-state index contributed by atoms with van der Waals surface area (Å²) in [6.45, 7) is 4.03. The van der Waals surface area contributed by atoms with Crippen LogP contribution in [0.1, 0.15) is 31.4 Å². The molecular formula is C12H16F3N. The number of nitrogen functional groups attached to an aromatic ring is 1. The number of benzene rings is 1. The van der Waals surface area contributed by atoms with Crippen molar-refractivity contribution in [3.63, 3.8) is 0 Å². The number of halogens is 3. The monoisotopic (exact) mass is 231 g/mol. The summed E-state index contributed by atoms with van der Waals surface area (Å²) in [5, 5.41) is 0. The molecule has 0 fully saturated rings. The first-order valence-corrected chi connectivity index (χ1v) is 5.29. The van der Waals surface area contributed by atoms with Gasteiger partial charge < -0.3 is 5.73 Å². The second kappa shape index (κ2) is 4.76. The van der Waals surface area contributed by atoms with E-state index < -0.39 is 11.7 Å².